The first-order chi connectivity index (χ1) is 15.9. The van der Waals surface area contributed by atoms with Gasteiger partial charge < -0.3 is 20.3 Å². The van der Waals surface area contributed by atoms with Crippen molar-refractivity contribution in [3.63, 3.8) is 0 Å². The quantitative estimate of drug-likeness (QED) is 0.336. The Balaban J connectivity index is 0.000000569. The number of carbonyl (C=O) groups excluding carboxylic acids is 1. The Kier molecular flexibility index (Phi) is 10.3. The minimum absolute atomic E-state index is 0.0951. The Morgan fingerprint density at radius 1 is 0.788 bits per heavy atom. The summed E-state index contributed by atoms with van der Waals surface area (Å²) in [6.45, 7) is 3.20. The molecule has 3 rings (SSSR count). The van der Waals surface area contributed by atoms with E-state index in [1.807, 2.05) is 79.7 Å². The Hall–Kier alpha value is -3.97. The highest BCUT2D eigenvalue weighted by atomic mass is 16.5. The summed E-state index contributed by atoms with van der Waals surface area (Å²) < 4.78 is 5.77. The highest BCUT2D eigenvalue weighted by molar-refractivity contribution is 6.27. The largest absolute Gasteiger partial charge is 0.489 e. The minimum Gasteiger partial charge on any atom is -0.489 e. The monoisotopic (exact) mass is 449 g/mol. The second-order valence-corrected chi connectivity index (χ2v) is 7.18. The second kappa shape index (κ2) is 13.4. The lowest BCUT2D eigenvalue weighted by molar-refractivity contribution is -0.159. The van der Waals surface area contributed by atoms with Gasteiger partial charge in [0.25, 0.3) is 0 Å². The fourth-order valence-electron chi connectivity index (χ4n) is 2.88. The van der Waals surface area contributed by atoms with Crippen LogP contribution in [0, 0.1) is 0 Å². The molecule has 7 heteroatoms. The molecule has 0 saturated heterocycles. The first kappa shape index (κ1) is 25.3. The van der Waals surface area contributed by atoms with Gasteiger partial charge in [-0.3, -0.25) is 4.79 Å². The van der Waals surface area contributed by atoms with Gasteiger partial charge in [0.2, 0.25) is 0 Å². The molecule has 3 aromatic rings. The van der Waals surface area contributed by atoms with Gasteiger partial charge in [0, 0.05) is 5.56 Å². The molecule has 0 radical (unpaired) electrons. The standard InChI is InChI=1S/C24H25NO2.C2H2O4/c1-19(25-17-16-20-8-4-2-5-9-20)24(26)22-12-14-23(15-13-22)27-18-21-10-6-3-7-11-21;3-1(4)2(5)6/h2-15,19,25H,16-18H2,1H3;(H,3,4)(H,5,6)/t19-;/m1./s1. The number of hydrogen-bond acceptors (Lipinski definition) is 5. The van der Waals surface area contributed by atoms with Gasteiger partial charge in [0.1, 0.15) is 12.4 Å². The lowest BCUT2D eigenvalue weighted by atomic mass is 10.0. The summed E-state index contributed by atoms with van der Waals surface area (Å²) in [6.07, 6.45) is 0.907. The molecule has 0 spiro atoms. The van der Waals surface area contributed by atoms with Crippen molar-refractivity contribution in [1.82, 2.24) is 5.32 Å². The molecule has 33 heavy (non-hydrogen) atoms. The Bertz CT molecular complexity index is 1010. The summed E-state index contributed by atoms with van der Waals surface area (Å²) in [5.74, 6) is -2.79. The van der Waals surface area contributed by atoms with Crippen LogP contribution in [0.15, 0.2) is 84.9 Å². The van der Waals surface area contributed by atoms with Gasteiger partial charge in [-0.2, -0.15) is 0 Å². The molecule has 0 aliphatic carbocycles. The molecule has 3 N–H and O–H groups in total. The number of hydrogen-bond donors (Lipinski definition) is 3. The summed E-state index contributed by atoms with van der Waals surface area (Å²) in [4.78, 5) is 30.8. The van der Waals surface area contributed by atoms with Crippen LogP contribution in [0.1, 0.15) is 28.4 Å². The molecule has 0 aliphatic heterocycles. The summed E-state index contributed by atoms with van der Waals surface area (Å²) >= 11 is 0. The third-order valence-electron chi connectivity index (χ3n) is 4.67. The summed E-state index contributed by atoms with van der Waals surface area (Å²) in [6, 6.07) is 27.5. The number of carbonyl (C=O) groups is 3. The van der Waals surface area contributed by atoms with Crippen LogP contribution >= 0.6 is 0 Å². The first-order valence-electron chi connectivity index (χ1n) is 10.4. The van der Waals surface area contributed by atoms with Crippen molar-refractivity contribution >= 4 is 17.7 Å². The van der Waals surface area contributed by atoms with Crippen molar-refractivity contribution in [2.45, 2.75) is 26.0 Å². The number of carboxylic acids is 2. The summed E-state index contributed by atoms with van der Waals surface area (Å²) in [5, 5.41) is 18.1. The van der Waals surface area contributed by atoms with E-state index in [9.17, 15) is 4.79 Å². The average molecular weight is 450 g/mol. The van der Waals surface area contributed by atoms with Gasteiger partial charge in [0.15, 0.2) is 5.78 Å². The molecule has 0 aliphatic rings. The highest BCUT2D eigenvalue weighted by Gasteiger charge is 2.14. The zero-order valence-corrected chi connectivity index (χ0v) is 18.3. The molecule has 0 fully saturated rings. The number of aliphatic carboxylic acids is 2. The average Bonchev–Trinajstić information content (AvgIpc) is 2.84. The Morgan fingerprint density at radius 2 is 1.30 bits per heavy atom. The minimum atomic E-state index is -1.82. The molecular weight excluding hydrogens is 422 g/mol. The van der Waals surface area contributed by atoms with Crippen LogP contribution in [0.4, 0.5) is 0 Å². The van der Waals surface area contributed by atoms with Gasteiger partial charge in [-0.05, 0) is 55.3 Å². The highest BCUT2D eigenvalue weighted by Crippen LogP contribution is 2.15. The Morgan fingerprint density at radius 3 is 1.82 bits per heavy atom. The SMILES string of the molecule is C[C@@H](NCCc1ccccc1)C(=O)c1ccc(OCc2ccccc2)cc1.O=C(O)C(=O)O. The van der Waals surface area contributed by atoms with E-state index in [-0.39, 0.29) is 11.8 Å². The molecule has 172 valence electrons. The maximum Gasteiger partial charge on any atom is 0.414 e. The third-order valence-corrected chi connectivity index (χ3v) is 4.67. The molecule has 0 unspecified atom stereocenters. The van der Waals surface area contributed by atoms with E-state index < -0.39 is 11.9 Å². The molecule has 7 nitrogen and oxygen atoms in total. The number of nitrogens with one attached hydrogen (secondary N) is 1. The van der Waals surface area contributed by atoms with Gasteiger partial charge in [-0.15, -0.1) is 0 Å². The molecule has 1 atom stereocenters. The van der Waals surface area contributed by atoms with Crippen molar-refractivity contribution in [3.8, 4) is 5.75 Å². The van der Waals surface area contributed by atoms with Crippen LogP contribution in [0.2, 0.25) is 0 Å². The lowest BCUT2D eigenvalue weighted by Gasteiger charge is -2.13. The van der Waals surface area contributed by atoms with E-state index in [0.717, 1.165) is 24.3 Å². The fourth-order valence-corrected chi connectivity index (χ4v) is 2.88. The zero-order valence-electron chi connectivity index (χ0n) is 18.3. The molecular formula is C26H27NO6. The van der Waals surface area contributed by atoms with Gasteiger partial charge in [-0.25, -0.2) is 9.59 Å². The van der Waals surface area contributed by atoms with Crippen LogP contribution in [0.3, 0.4) is 0 Å². The maximum atomic E-state index is 12.6. The van der Waals surface area contributed by atoms with E-state index in [1.165, 1.54) is 5.56 Å². The van der Waals surface area contributed by atoms with Crippen LogP contribution in [-0.4, -0.2) is 40.5 Å². The van der Waals surface area contributed by atoms with Crippen molar-refractivity contribution in [2.75, 3.05) is 6.54 Å². The molecule has 0 heterocycles. The second-order valence-electron chi connectivity index (χ2n) is 7.18. The van der Waals surface area contributed by atoms with Crippen molar-refractivity contribution in [1.29, 1.82) is 0 Å². The van der Waals surface area contributed by atoms with Crippen molar-refractivity contribution in [2.24, 2.45) is 0 Å². The smallest absolute Gasteiger partial charge is 0.414 e. The Labute approximate surface area is 192 Å². The number of carboxylic acid groups (broad SMARTS) is 2. The molecule has 0 aromatic heterocycles. The predicted octanol–water partition coefficient (Wildman–Crippen LogP) is 3.82. The van der Waals surface area contributed by atoms with E-state index >= 15 is 0 Å². The zero-order chi connectivity index (χ0) is 24.1. The molecule has 0 bridgehead atoms. The number of rotatable bonds is 9. The van der Waals surface area contributed by atoms with E-state index in [2.05, 4.69) is 17.4 Å². The van der Waals surface area contributed by atoms with E-state index in [0.29, 0.717) is 12.2 Å². The summed E-state index contributed by atoms with van der Waals surface area (Å²) in [7, 11) is 0. The number of ketones is 1. The lowest BCUT2D eigenvalue weighted by Crippen LogP contribution is -2.35. The normalized spacial score (nSPS) is 10.9. The van der Waals surface area contributed by atoms with Crippen LogP contribution in [0.25, 0.3) is 0 Å². The van der Waals surface area contributed by atoms with Gasteiger partial charge >= 0.3 is 11.9 Å². The first-order valence-corrected chi connectivity index (χ1v) is 10.4. The van der Waals surface area contributed by atoms with E-state index in [1.54, 1.807) is 0 Å². The topological polar surface area (TPSA) is 113 Å². The van der Waals surface area contributed by atoms with Crippen LogP contribution in [0.5, 0.6) is 5.75 Å². The molecule has 3 aromatic carbocycles. The van der Waals surface area contributed by atoms with E-state index in [4.69, 9.17) is 24.5 Å². The van der Waals surface area contributed by atoms with Crippen LogP contribution < -0.4 is 10.1 Å². The molecule has 0 amide bonds. The third kappa shape index (κ3) is 9.37. The number of Topliss-reactive ketones (excluding diaryl/α,β-unsaturated/α-hetero) is 1. The fraction of sp³-hybridized carbons (Fsp3) is 0.192. The van der Waals surface area contributed by atoms with Gasteiger partial charge in [0.05, 0.1) is 6.04 Å². The summed E-state index contributed by atoms with van der Waals surface area (Å²) in [5.41, 5.74) is 3.08. The predicted molar refractivity (Wildman–Crippen MR) is 124 cm³/mol. The van der Waals surface area contributed by atoms with Crippen molar-refractivity contribution in [3.05, 3.63) is 102 Å². The number of ether oxygens (including phenoxy) is 1. The maximum absolute atomic E-state index is 12.6. The van der Waals surface area contributed by atoms with Gasteiger partial charge in [-0.1, -0.05) is 60.7 Å². The van der Waals surface area contributed by atoms with Crippen molar-refractivity contribution < 1.29 is 29.3 Å². The molecule has 0 saturated carbocycles. The van der Waals surface area contributed by atoms with Crippen LogP contribution in [-0.2, 0) is 22.6 Å². The number of benzene rings is 3.